The lowest BCUT2D eigenvalue weighted by Crippen LogP contribution is -2.06. The molecule has 7 heteroatoms. The second-order valence-corrected chi connectivity index (χ2v) is 8.50. The molecule has 0 heterocycles. The van der Waals surface area contributed by atoms with Gasteiger partial charge in [-0.2, -0.15) is 0 Å². The van der Waals surface area contributed by atoms with Gasteiger partial charge in [0.25, 0.3) is 0 Å². The van der Waals surface area contributed by atoms with Gasteiger partial charge in [0, 0.05) is 10.6 Å². The van der Waals surface area contributed by atoms with Crippen molar-refractivity contribution < 1.29 is 18.6 Å². The molecule has 0 aromatic heterocycles. The van der Waals surface area contributed by atoms with Gasteiger partial charge in [-0.1, -0.05) is 59.6 Å². The van der Waals surface area contributed by atoms with Crippen molar-refractivity contribution in [1.29, 1.82) is 0 Å². The van der Waals surface area contributed by atoms with Gasteiger partial charge in [-0.15, -0.1) is 0 Å². The lowest BCUT2D eigenvalue weighted by atomic mass is 10.0. The molecule has 3 rings (SSSR count). The van der Waals surface area contributed by atoms with Crippen LogP contribution in [0.3, 0.4) is 0 Å². The molecular weight excluding hydrogens is 395 g/mol. The van der Waals surface area contributed by atoms with E-state index in [1.165, 1.54) is 12.1 Å². The quantitative estimate of drug-likeness (QED) is 0.633. The molecule has 0 aliphatic carbocycles. The summed E-state index contributed by atoms with van der Waals surface area (Å²) in [5.74, 6) is -1.22. The standard InChI is InChI=1S/C19H14Cl2O4S/c20-15-9-16(21)19(23)18(10-15)26(24,25)11-14-8-13(6-7-17(14)22)12-4-2-1-3-5-12/h1-10,22-23H,11H2. The number of phenols is 2. The van der Waals surface area contributed by atoms with Crippen molar-refractivity contribution in [1.82, 2.24) is 0 Å². The lowest BCUT2D eigenvalue weighted by molar-refractivity contribution is 0.458. The summed E-state index contributed by atoms with van der Waals surface area (Å²) in [5.41, 5.74) is 1.86. The average molecular weight is 409 g/mol. The van der Waals surface area contributed by atoms with Crippen LogP contribution in [0.2, 0.25) is 10.0 Å². The van der Waals surface area contributed by atoms with E-state index in [-0.39, 0.29) is 26.3 Å². The van der Waals surface area contributed by atoms with Crippen LogP contribution in [0.15, 0.2) is 65.6 Å². The summed E-state index contributed by atoms with van der Waals surface area (Å²) in [6, 6.07) is 16.5. The Labute approximate surface area is 161 Å². The predicted molar refractivity (Wildman–Crippen MR) is 103 cm³/mol. The Hall–Kier alpha value is -2.21. The first-order valence-corrected chi connectivity index (χ1v) is 9.97. The number of benzene rings is 3. The number of phenolic OH excluding ortho intramolecular Hbond substituents is 2. The van der Waals surface area contributed by atoms with E-state index in [1.54, 1.807) is 12.1 Å². The van der Waals surface area contributed by atoms with Gasteiger partial charge in [0.2, 0.25) is 0 Å². The zero-order chi connectivity index (χ0) is 18.9. The van der Waals surface area contributed by atoms with Crippen LogP contribution in [0.4, 0.5) is 0 Å². The highest BCUT2D eigenvalue weighted by atomic mass is 35.5. The molecule has 0 saturated heterocycles. The van der Waals surface area contributed by atoms with Gasteiger partial charge >= 0.3 is 0 Å². The third-order valence-electron chi connectivity index (χ3n) is 3.86. The van der Waals surface area contributed by atoms with Crippen LogP contribution >= 0.6 is 23.2 Å². The summed E-state index contributed by atoms with van der Waals surface area (Å²) in [4.78, 5) is -0.375. The first-order valence-electron chi connectivity index (χ1n) is 7.56. The number of hydrogen-bond acceptors (Lipinski definition) is 4. The van der Waals surface area contributed by atoms with Crippen LogP contribution in [0.1, 0.15) is 5.56 Å². The van der Waals surface area contributed by atoms with Crippen molar-refractivity contribution in [2.45, 2.75) is 10.6 Å². The molecule has 0 unspecified atom stereocenters. The van der Waals surface area contributed by atoms with Crippen LogP contribution in [0, 0.1) is 0 Å². The lowest BCUT2D eigenvalue weighted by Gasteiger charge is -2.11. The molecule has 4 nitrogen and oxygen atoms in total. The van der Waals surface area contributed by atoms with Crippen molar-refractivity contribution in [3.8, 4) is 22.6 Å². The van der Waals surface area contributed by atoms with Gasteiger partial charge in [0.05, 0.1) is 10.8 Å². The van der Waals surface area contributed by atoms with E-state index >= 15 is 0 Å². The van der Waals surface area contributed by atoms with Crippen molar-refractivity contribution in [2.24, 2.45) is 0 Å². The smallest absolute Gasteiger partial charge is 0.186 e. The number of aromatic hydroxyl groups is 2. The second kappa shape index (κ2) is 7.19. The average Bonchev–Trinajstić information content (AvgIpc) is 2.60. The van der Waals surface area contributed by atoms with Gasteiger partial charge in [-0.25, -0.2) is 8.42 Å². The monoisotopic (exact) mass is 408 g/mol. The molecule has 0 amide bonds. The predicted octanol–water partition coefficient (Wildman–Crippen LogP) is 5.05. The molecule has 134 valence electrons. The van der Waals surface area contributed by atoms with Crippen LogP contribution in [0.5, 0.6) is 11.5 Å². The van der Waals surface area contributed by atoms with E-state index in [0.717, 1.165) is 17.2 Å². The molecule has 0 aliphatic rings. The molecule has 0 saturated carbocycles. The van der Waals surface area contributed by atoms with Crippen LogP contribution < -0.4 is 0 Å². The molecule has 0 bridgehead atoms. The Morgan fingerprint density at radius 3 is 2.23 bits per heavy atom. The fourth-order valence-electron chi connectivity index (χ4n) is 2.57. The summed E-state index contributed by atoms with van der Waals surface area (Å²) in [6.45, 7) is 0. The minimum Gasteiger partial charge on any atom is -0.508 e. The van der Waals surface area contributed by atoms with Crippen LogP contribution in [-0.4, -0.2) is 18.6 Å². The minimum absolute atomic E-state index is 0.0913. The maximum absolute atomic E-state index is 12.7. The Kier molecular flexibility index (Phi) is 5.14. The third-order valence-corrected chi connectivity index (χ3v) is 6.04. The molecule has 3 aromatic carbocycles. The zero-order valence-corrected chi connectivity index (χ0v) is 15.7. The van der Waals surface area contributed by atoms with Crippen LogP contribution in [-0.2, 0) is 15.6 Å². The maximum atomic E-state index is 12.7. The SMILES string of the molecule is O=S(=O)(Cc1cc(-c2ccccc2)ccc1O)c1cc(Cl)cc(Cl)c1O. The van der Waals surface area contributed by atoms with Gasteiger partial charge < -0.3 is 10.2 Å². The number of halogens is 2. The Balaban J connectivity index is 2.03. The molecule has 0 aliphatic heterocycles. The van der Waals surface area contributed by atoms with E-state index < -0.39 is 21.3 Å². The van der Waals surface area contributed by atoms with Gasteiger partial charge in [-0.05, 0) is 35.4 Å². The molecule has 3 aromatic rings. The highest BCUT2D eigenvalue weighted by molar-refractivity contribution is 7.90. The molecule has 0 spiro atoms. The highest BCUT2D eigenvalue weighted by Crippen LogP contribution is 2.37. The van der Waals surface area contributed by atoms with Gasteiger partial charge in [0.15, 0.2) is 15.6 Å². The van der Waals surface area contributed by atoms with E-state index in [1.807, 2.05) is 30.3 Å². The summed E-state index contributed by atoms with van der Waals surface area (Å²) < 4.78 is 25.5. The molecule has 0 atom stereocenters. The molecular formula is C19H14Cl2O4S. The van der Waals surface area contributed by atoms with E-state index in [2.05, 4.69) is 0 Å². The second-order valence-electron chi connectivity index (χ2n) is 5.70. The summed E-state index contributed by atoms with van der Waals surface area (Å²) >= 11 is 11.7. The van der Waals surface area contributed by atoms with Crippen LogP contribution in [0.25, 0.3) is 11.1 Å². The molecule has 0 fully saturated rings. The molecule has 26 heavy (non-hydrogen) atoms. The van der Waals surface area contributed by atoms with Crippen molar-refractivity contribution >= 4 is 33.0 Å². The van der Waals surface area contributed by atoms with Crippen molar-refractivity contribution in [2.75, 3.05) is 0 Å². The number of sulfone groups is 1. The highest BCUT2D eigenvalue weighted by Gasteiger charge is 2.24. The summed E-state index contributed by atoms with van der Waals surface area (Å²) in [7, 11) is -3.99. The molecule has 0 radical (unpaired) electrons. The van der Waals surface area contributed by atoms with E-state index in [4.69, 9.17) is 23.2 Å². The van der Waals surface area contributed by atoms with E-state index in [0.29, 0.717) is 0 Å². The van der Waals surface area contributed by atoms with Crippen molar-refractivity contribution in [3.63, 3.8) is 0 Å². The van der Waals surface area contributed by atoms with Gasteiger partial charge in [0.1, 0.15) is 10.6 Å². The Morgan fingerprint density at radius 1 is 0.846 bits per heavy atom. The summed E-state index contributed by atoms with van der Waals surface area (Å²) in [6.07, 6.45) is 0. The zero-order valence-electron chi connectivity index (χ0n) is 13.4. The first-order chi connectivity index (χ1) is 12.3. The largest absolute Gasteiger partial charge is 0.508 e. The number of hydrogen-bond donors (Lipinski definition) is 2. The van der Waals surface area contributed by atoms with Crippen molar-refractivity contribution in [3.05, 3.63) is 76.3 Å². The minimum atomic E-state index is -3.99. The fourth-order valence-corrected chi connectivity index (χ4v) is 4.69. The first kappa shape index (κ1) is 18.6. The maximum Gasteiger partial charge on any atom is 0.186 e. The van der Waals surface area contributed by atoms with Gasteiger partial charge in [-0.3, -0.25) is 0 Å². The fraction of sp³-hybridized carbons (Fsp3) is 0.0526. The normalized spacial score (nSPS) is 11.5. The molecule has 2 N–H and O–H groups in total. The Bertz CT molecular complexity index is 1060. The topological polar surface area (TPSA) is 74.6 Å². The Morgan fingerprint density at radius 2 is 1.54 bits per heavy atom. The summed E-state index contributed by atoms with van der Waals surface area (Å²) in [5, 5.41) is 20.0. The van der Waals surface area contributed by atoms with E-state index in [9.17, 15) is 18.6 Å². The third kappa shape index (κ3) is 3.80. The number of rotatable bonds is 4.